The Morgan fingerprint density at radius 2 is 1.30 bits per heavy atom. The van der Waals surface area contributed by atoms with Gasteiger partial charge in [-0.15, -0.1) is 0 Å². The van der Waals surface area contributed by atoms with Gasteiger partial charge in [0, 0.05) is 34.9 Å². The lowest BCUT2D eigenvalue weighted by Gasteiger charge is -2.26. The number of pyridine rings is 1. The number of carbonyl (C=O) groups is 6. The number of esters is 3. The van der Waals surface area contributed by atoms with Gasteiger partial charge in [0.05, 0.1) is 17.8 Å². The normalized spacial score (nSPS) is 12.7. The van der Waals surface area contributed by atoms with Gasteiger partial charge in [-0.05, 0) is 151 Å². The molecule has 0 saturated heterocycles. The molecule has 0 radical (unpaired) electrons. The van der Waals surface area contributed by atoms with Gasteiger partial charge in [-0.2, -0.15) is 5.26 Å². The number of unbranched alkanes of at least 4 members (excludes halogenated alkanes) is 1. The molecule has 81 heavy (non-hydrogen) atoms. The Labute approximate surface area is 482 Å². The lowest BCUT2D eigenvalue weighted by molar-refractivity contribution is -0.163. The summed E-state index contributed by atoms with van der Waals surface area (Å²) in [7, 11) is 0. The standard InChI is InChI=1S/C57H73ClN8O14S/c1-54(2,3)77-43(67)19-15-14-17-42(65-53(72)80-57(10,11)12)50(69)76-39(32-75-49(68)41(64-52(71)79-56(7,8)9)18-16-28-62-51(70)78-55(4,5)6)31-73-38-26-22-34(23-27-38)44-40(29-59)48(66-46(60)45(44)61-13)81-33-37-30-74-47(63-37)35-20-24-36(58)25-21-35/h20-27,30,39,41-42H,14-19,28,31-33H2,1-12H3,(H2,60,66)(H,62,70)(H,64,71)(H,65,72)/t39-,41+,42+/m1/s1. The number of halogens is 1. The highest BCUT2D eigenvalue weighted by Gasteiger charge is 2.32. The van der Waals surface area contributed by atoms with Gasteiger partial charge in [-0.1, -0.05) is 41.9 Å². The average Bonchev–Trinajstić information content (AvgIpc) is 3.84. The van der Waals surface area contributed by atoms with E-state index in [0.29, 0.717) is 34.2 Å². The third kappa shape index (κ3) is 23.9. The average molecular weight is 1160 g/mol. The molecule has 0 saturated carbocycles. The molecule has 2 aromatic carbocycles. The summed E-state index contributed by atoms with van der Waals surface area (Å²) in [5.74, 6) is -1.64. The van der Waals surface area contributed by atoms with Gasteiger partial charge in [-0.25, -0.2) is 38.8 Å². The first-order valence-corrected chi connectivity index (χ1v) is 27.4. The number of benzene rings is 2. The van der Waals surface area contributed by atoms with Crippen LogP contribution in [0.2, 0.25) is 5.02 Å². The summed E-state index contributed by atoms with van der Waals surface area (Å²) in [5.41, 5.74) is 4.93. The number of aromatic nitrogens is 2. The van der Waals surface area contributed by atoms with Crippen molar-refractivity contribution in [2.45, 2.75) is 173 Å². The minimum absolute atomic E-state index is 0.00257. The van der Waals surface area contributed by atoms with Crippen LogP contribution in [-0.4, -0.2) is 107 Å². The first-order chi connectivity index (χ1) is 37.8. The number of nitrogens with one attached hydrogen (secondary N) is 3. The van der Waals surface area contributed by atoms with Gasteiger partial charge >= 0.3 is 36.2 Å². The molecule has 22 nitrogen and oxygen atoms in total. The van der Waals surface area contributed by atoms with E-state index in [0.717, 1.165) is 0 Å². The van der Waals surface area contributed by atoms with Crippen LogP contribution >= 0.6 is 23.4 Å². The van der Waals surface area contributed by atoms with Crippen LogP contribution in [0.3, 0.4) is 0 Å². The molecule has 2 aromatic heterocycles. The number of carbonyl (C=O) groups excluding carboxylic acids is 6. The minimum atomic E-state index is -1.37. The molecular weight excluding hydrogens is 1090 g/mol. The molecule has 0 fully saturated rings. The van der Waals surface area contributed by atoms with E-state index in [-0.39, 0.29) is 77.8 Å². The molecule has 2 heterocycles. The molecule has 3 atom stereocenters. The molecular formula is C57H73ClN8O14S. The first kappa shape index (κ1) is 65.8. The van der Waals surface area contributed by atoms with Crippen LogP contribution < -0.4 is 26.4 Å². The van der Waals surface area contributed by atoms with Gasteiger partial charge in [0.25, 0.3) is 0 Å². The van der Waals surface area contributed by atoms with E-state index in [4.69, 9.17) is 61.5 Å². The highest BCUT2D eigenvalue weighted by atomic mass is 35.5. The third-order valence-corrected chi connectivity index (χ3v) is 11.8. The summed E-state index contributed by atoms with van der Waals surface area (Å²) >= 11 is 7.21. The smallest absolute Gasteiger partial charge is 0.408 e. The summed E-state index contributed by atoms with van der Waals surface area (Å²) < 4.78 is 45.0. The number of anilines is 1. The largest absolute Gasteiger partial charge is 0.490 e. The molecule has 0 aliphatic rings. The zero-order valence-electron chi connectivity index (χ0n) is 47.9. The summed E-state index contributed by atoms with van der Waals surface area (Å²) in [6.07, 6.45) is -1.68. The molecule has 438 valence electrons. The fourth-order valence-electron chi connectivity index (χ4n) is 7.18. The quantitative estimate of drug-likeness (QED) is 0.0167. The Bertz CT molecular complexity index is 2890. The van der Waals surface area contributed by atoms with Crippen molar-refractivity contribution in [1.82, 2.24) is 25.9 Å². The van der Waals surface area contributed by atoms with E-state index in [1.54, 1.807) is 119 Å². The lowest BCUT2D eigenvalue weighted by atomic mass is 10.00. The van der Waals surface area contributed by atoms with Crippen LogP contribution in [-0.2, 0) is 48.6 Å². The molecule has 24 heteroatoms. The fraction of sp³-hybridized carbons (Fsp3) is 0.509. The van der Waals surface area contributed by atoms with E-state index in [9.17, 15) is 34.0 Å². The second-order valence-corrected chi connectivity index (χ2v) is 23.8. The van der Waals surface area contributed by atoms with E-state index in [2.05, 4.69) is 36.8 Å². The number of rotatable bonds is 24. The van der Waals surface area contributed by atoms with E-state index in [1.165, 1.54) is 30.2 Å². The number of hydrogen-bond acceptors (Lipinski definition) is 19. The van der Waals surface area contributed by atoms with Crippen LogP contribution in [0.1, 0.15) is 133 Å². The monoisotopic (exact) mass is 1160 g/mol. The predicted molar refractivity (Wildman–Crippen MR) is 302 cm³/mol. The van der Waals surface area contributed by atoms with Crippen molar-refractivity contribution < 1.29 is 66.3 Å². The zero-order valence-corrected chi connectivity index (χ0v) is 49.4. The number of nitriles is 1. The first-order valence-electron chi connectivity index (χ1n) is 26.0. The van der Waals surface area contributed by atoms with Crippen molar-refractivity contribution in [2.75, 3.05) is 25.5 Å². The maximum absolute atomic E-state index is 14.2. The van der Waals surface area contributed by atoms with E-state index >= 15 is 0 Å². The molecule has 0 spiro atoms. The Morgan fingerprint density at radius 1 is 0.741 bits per heavy atom. The van der Waals surface area contributed by atoms with E-state index in [1.807, 2.05) is 0 Å². The SMILES string of the molecule is [C-]#[N+]c1c(N)nc(SCc2coc(-c3ccc(Cl)cc3)n2)c(C#N)c1-c1ccc(OC[C@H](COC(=O)[C@H](CCCNC(=O)OC(C)(C)C)NC(=O)OC(C)(C)C)OC(=O)[C@H](CCCCC(=O)OC(C)(C)C)NC(=O)OC(C)(C)C)cc1. The van der Waals surface area contributed by atoms with Crippen molar-refractivity contribution >= 4 is 71.1 Å². The Balaban J connectivity index is 1.61. The van der Waals surface area contributed by atoms with E-state index < -0.39 is 90.0 Å². The fourth-order valence-corrected chi connectivity index (χ4v) is 8.18. The van der Waals surface area contributed by atoms with Crippen molar-refractivity contribution in [1.29, 1.82) is 5.26 Å². The van der Waals surface area contributed by atoms with Crippen molar-refractivity contribution in [3.05, 3.63) is 82.5 Å². The highest BCUT2D eigenvalue weighted by molar-refractivity contribution is 7.98. The van der Waals surface area contributed by atoms with Crippen molar-refractivity contribution in [3.63, 3.8) is 0 Å². The van der Waals surface area contributed by atoms with Crippen LogP contribution in [0.5, 0.6) is 5.75 Å². The van der Waals surface area contributed by atoms with Gasteiger partial charge in [0.1, 0.15) is 76.6 Å². The van der Waals surface area contributed by atoms with Gasteiger partial charge in [0.15, 0.2) is 6.10 Å². The zero-order chi connectivity index (χ0) is 60.3. The Hall–Kier alpha value is -7.76. The van der Waals surface area contributed by atoms with Crippen LogP contribution in [0, 0.1) is 17.9 Å². The summed E-state index contributed by atoms with van der Waals surface area (Å²) in [6.45, 7) is 27.2. The Kier molecular flexibility index (Phi) is 24.1. The van der Waals surface area contributed by atoms with Crippen molar-refractivity contribution in [3.8, 4) is 34.4 Å². The maximum atomic E-state index is 14.2. The minimum Gasteiger partial charge on any atom is -0.490 e. The number of oxazole rings is 1. The second kappa shape index (κ2) is 29.6. The van der Waals surface area contributed by atoms with Gasteiger partial charge in [0.2, 0.25) is 11.6 Å². The maximum Gasteiger partial charge on any atom is 0.408 e. The number of nitrogen functional groups attached to an aromatic ring is 1. The molecule has 3 amide bonds. The highest BCUT2D eigenvalue weighted by Crippen LogP contribution is 2.42. The number of hydrogen-bond donors (Lipinski definition) is 4. The summed E-state index contributed by atoms with van der Waals surface area (Å²) in [5, 5.41) is 19.0. The van der Waals surface area contributed by atoms with Gasteiger partial charge < -0.3 is 59.3 Å². The number of nitrogens with zero attached hydrogens (tertiary/aromatic N) is 4. The third-order valence-electron chi connectivity index (χ3n) is 10.5. The molecule has 0 bridgehead atoms. The number of amides is 3. The molecule has 5 N–H and O–H groups in total. The van der Waals surface area contributed by atoms with Crippen LogP contribution in [0.25, 0.3) is 27.4 Å². The molecule has 0 unspecified atom stereocenters. The molecule has 0 aliphatic carbocycles. The number of thioether (sulfide) groups is 1. The second-order valence-electron chi connectivity index (χ2n) is 22.4. The topological polar surface area (TPSA) is 296 Å². The van der Waals surface area contributed by atoms with Crippen LogP contribution in [0.4, 0.5) is 25.9 Å². The molecule has 4 rings (SSSR count). The van der Waals surface area contributed by atoms with Crippen LogP contribution in [0.15, 0.2) is 64.2 Å². The number of alkyl carbamates (subject to hydrolysis) is 3. The molecule has 0 aliphatic heterocycles. The summed E-state index contributed by atoms with van der Waals surface area (Å²) in [4.78, 5) is 91.5. The Morgan fingerprint density at radius 3 is 1.86 bits per heavy atom. The number of ether oxygens (including phenoxy) is 7. The molecule has 4 aromatic rings. The lowest BCUT2D eigenvalue weighted by Crippen LogP contribution is -2.47. The van der Waals surface area contributed by atoms with Gasteiger partial charge in [-0.3, -0.25) is 4.79 Å². The summed E-state index contributed by atoms with van der Waals surface area (Å²) in [6, 6.07) is 12.8. The number of nitrogens with two attached hydrogens (primary N) is 1. The predicted octanol–water partition coefficient (Wildman–Crippen LogP) is 11.2. The van der Waals surface area contributed by atoms with Crippen molar-refractivity contribution in [2.24, 2.45) is 0 Å².